The second-order valence-corrected chi connectivity index (χ2v) is 6.08. The van der Waals surface area contributed by atoms with E-state index in [9.17, 15) is 4.39 Å². The van der Waals surface area contributed by atoms with Crippen LogP contribution in [0.3, 0.4) is 0 Å². The van der Waals surface area contributed by atoms with E-state index in [4.69, 9.17) is 4.74 Å². The highest BCUT2D eigenvalue weighted by molar-refractivity contribution is 5.56. The molecule has 1 aliphatic carbocycles. The maximum Gasteiger partial charge on any atom is 0.123 e. The van der Waals surface area contributed by atoms with E-state index in [1.165, 1.54) is 18.5 Å². The van der Waals surface area contributed by atoms with E-state index in [2.05, 4.69) is 24.1 Å². The molecule has 1 aliphatic heterocycles. The highest BCUT2D eigenvalue weighted by Gasteiger charge is 2.37. The lowest BCUT2D eigenvalue weighted by Crippen LogP contribution is -2.49. The van der Waals surface area contributed by atoms with Crippen LogP contribution in [-0.2, 0) is 4.74 Å². The number of hydrogen-bond donors (Lipinski definition) is 1. The Bertz CT molecular complexity index is 494. The normalized spacial score (nSPS) is 26.7. The summed E-state index contributed by atoms with van der Waals surface area (Å²) in [6, 6.07) is 5.82. The molecule has 1 saturated carbocycles. The van der Waals surface area contributed by atoms with E-state index in [1.54, 1.807) is 12.1 Å². The number of nitrogens with zero attached hydrogens (tertiary/aromatic N) is 1. The second kappa shape index (κ2) is 6.32. The van der Waals surface area contributed by atoms with Crippen LogP contribution in [0.1, 0.15) is 44.7 Å². The first-order valence-corrected chi connectivity index (χ1v) is 8.11. The number of fused-ring (bicyclic) bond motifs is 1. The van der Waals surface area contributed by atoms with Crippen LogP contribution in [0.2, 0.25) is 0 Å². The van der Waals surface area contributed by atoms with Gasteiger partial charge in [-0.2, -0.15) is 0 Å². The summed E-state index contributed by atoms with van der Waals surface area (Å²) in [6.45, 7) is 6.74. The van der Waals surface area contributed by atoms with Crippen molar-refractivity contribution < 1.29 is 9.13 Å². The number of benzene rings is 1. The minimum absolute atomic E-state index is 0.156. The van der Waals surface area contributed by atoms with Crippen LogP contribution in [0, 0.1) is 5.82 Å². The first-order chi connectivity index (χ1) is 10.2. The van der Waals surface area contributed by atoms with Gasteiger partial charge in [0.25, 0.3) is 0 Å². The highest BCUT2D eigenvalue weighted by Crippen LogP contribution is 2.36. The number of ether oxygens (including phenoxy) is 1. The molecule has 1 N–H and O–H groups in total. The largest absolute Gasteiger partial charge is 0.374 e. The maximum atomic E-state index is 13.7. The van der Waals surface area contributed by atoms with Crippen molar-refractivity contribution in [3.8, 4) is 0 Å². The van der Waals surface area contributed by atoms with Crippen LogP contribution < -0.4 is 10.2 Å². The molecular weight excluding hydrogens is 267 g/mol. The van der Waals surface area contributed by atoms with Crippen molar-refractivity contribution in [3.63, 3.8) is 0 Å². The van der Waals surface area contributed by atoms with Crippen molar-refractivity contribution in [3.05, 3.63) is 29.6 Å². The zero-order chi connectivity index (χ0) is 14.8. The Labute approximate surface area is 126 Å². The first kappa shape index (κ1) is 14.8. The molecule has 0 bridgehead atoms. The van der Waals surface area contributed by atoms with E-state index in [1.807, 2.05) is 6.07 Å². The van der Waals surface area contributed by atoms with Gasteiger partial charge in [0.2, 0.25) is 0 Å². The third-order valence-corrected chi connectivity index (χ3v) is 4.76. The molecule has 2 fully saturated rings. The average Bonchev–Trinajstić information content (AvgIpc) is 2.96. The maximum absolute atomic E-state index is 13.7. The van der Waals surface area contributed by atoms with Crippen LogP contribution in [-0.4, -0.2) is 31.8 Å². The topological polar surface area (TPSA) is 24.5 Å². The molecule has 1 aromatic rings. The van der Waals surface area contributed by atoms with E-state index >= 15 is 0 Å². The lowest BCUT2D eigenvalue weighted by atomic mass is 10.0. The van der Waals surface area contributed by atoms with E-state index < -0.39 is 0 Å². The van der Waals surface area contributed by atoms with E-state index in [0.717, 1.165) is 31.7 Å². The molecule has 0 spiro atoms. The highest BCUT2D eigenvalue weighted by atomic mass is 19.1. The van der Waals surface area contributed by atoms with E-state index in [0.29, 0.717) is 12.1 Å². The predicted molar refractivity (Wildman–Crippen MR) is 83.2 cm³/mol. The molecule has 116 valence electrons. The fourth-order valence-electron chi connectivity index (χ4n) is 3.77. The molecule has 1 heterocycles. The lowest BCUT2D eigenvalue weighted by Gasteiger charge is -2.41. The van der Waals surface area contributed by atoms with Gasteiger partial charge in [-0.25, -0.2) is 4.39 Å². The van der Waals surface area contributed by atoms with Crippen molar-refractivity contribution in [1.82, 2.24) is 5.32 Å². The van der Waals surface area contributed by atoms with Gasteiger partial charge in [-0.3, -0.25) is 0 Å². The third kappa shape index (κ3) is 2.92. The summed E-state index contributed by atoms with van der Waals surface area (Å²) in [6.07, 6.45) is 3.91. The summed E-state index contributed by atoms with van der Waals surface area (Å²) >= 11 is 0. The van der Waals surface area contributed by atoms with Gasteiger partial charge in [-0.15, -0.1) is 0 Å². The van der Waals surface area contributed by atoms with Gasteiger partial charge in [0.15, 0.2) is 0 Å². The van der Waals surface area contributed by atoms with Gasteiger partial charge in [-0.05, 0) is 56.5 Å². The smallest absolute Gasteiger partial charge is 0.123 e. The van der Waals surface area contributed by atoms with Crippen LogP contribution in [0.5, 0.6) is 0 Å². The molecule has 2 aliphatic rings. The number of halogens is 1. The van der Waals surface area contributed by atoms with Crippen LogP contribution in [0.15, 0.2) is 18.2 Å². The molecular formula is C17H25FN2O. The Morgan fingerprint density at radius 2 is 2.29 bits per heavy atom. The molecule has 0 radical (unpaired) electrons. The Kier molecular flexibility index (Phi) is 4.45. The third-order valence-electron chi connectivity index (χ3n) is 4.76. The van der Waals surface area contributed by atoms with Gasteiger partial charge in [-0.1, -0.05) is 6.92 Å². The van der Waals surface area contributed by atoms with Crippen molar-refractivity contribution in [2.24, 2.45) is 0 Å². The standard InChI is InChI=1S/C17H25FN2O/c1-3-19-12(2)14-11-13(18)7-8-15(14)20-9-10-21-17-6-4-5-16(17)20/h7-8,11-12,16-17,19H,3-6,9-10H2,1-2H3. The SMILES string of the molecule is CCNC(C)c1cc(F)ccc1N1CCOC2CCCC21. The molecule has 3 nitrogen and oxygen atoms in total. The van der Waals surface area contributed by atoms with E-state index in [-0.39, 0.29) is 11.9 Å². The van der Waals surface area contributed by atoms with Crippen LogP contribution in [0.4, 0.5) is 10.1 Å². The molecule has 0 amide bonds. The zero-order valence-electron chi connectivity index (χ0n) is 12.9. The van der Waals surface area contributed by atoms with Crippen LogP contribution >= 0.6 is 0 Å². The van der Waals surface area contributed by atoms with Gasteiger partial charge >= 0.3 is 0 Å². The molecule has 21 heavy (non-hydrogen) atoms. The first-order valence-electron chi connectivity index (χ1n) is 8.11. The number of hydrogen-bond acceptors (Lipinski definition) is 3. The summed E-state index contributed by atoms with van der Waals surface area (Å²) in [7, 11) is 0. The molecule has 1 aromatic carbocycles. The average molecular weight is 292 g/mol. The minimum atomic E-state index is -0.158. The summed E-state index contributed by atoms with van der Waals surface area (Å²) in [5, 5.41) is 3.40. The van der Waals surface area contributed by atoms with Crippen LogP contribution in [0.25, 0.3) is 0 Å². The fraction of sp³-hybridized carbons (Fsp3) is 0.647. The summed E-state index contributed by atoms with van der Waals surface area (Å²) in [5.74, 6) is -0.158. The Morgan fingerprint density at radius 3 is 3.10 bits per heavy atom. The van der Waals surface area contributed by atoms with Crippen molar-refractivity contribution in [1.29, 1.82) is 0 Å². The Morgan fingerprint density at radius 1 is 1.43 bits per heavy atom. The predicted octanol–water partition coefficient (Wildman–Crippen LogP) is 3.25. The van der Waals surface area contributed by atoms with Crippen molar-refractivity contribution in [2.45, 2.75) is 51.3 Å². The zero-order valence-corrected chi connectivity index (χ0v) is 12.9. The van der Waals surface area contributed by atoms with Gasteiger partial charge in [0.05, 0.1) is 18.8 Å². The summed E-state index contributed by atoms with van der Waals surface area (Å²) < 4.78 is 19.6. The monoisotopic (exact) mass is 292 g/mol. The summed E-state index contributed by atoms with van der Waals surface area (Å²) in [4.78, 5) is 2.45. The summed E-state index contributed by atoms with van der Waals surface area (Å²) in [5.41, 5.74) is 2.23. The van der Waals surface area contributed by atoms with Gasteiger partial charge < -0.3 is 15.0 Å². The Hall–Kier alpha value is -1.13. The number of rotatable bonds is 4. The second-order valence-electron chi connectivity index (χ2n) is 6.08. The number of anilines is 1. The molecule has 4 heteroatoms. The van der Waals surface area contributed by atoms with Gasteiger partial charge in [0, 0.05) is 18.3 Å². The molecule has 3 rings (SSSR count). The van der Waals surface area contributed by atoms with Crippen molar-refractivity contribution in [2.75, 3.05) is 24.6 Å². The molecule has 3 atom stereocenters. The minimum Gasteiger partial charge on any atom is -0.374 e. The quantitative estimate of drug-likeness (QED) is 0.922. The van der Waals surface area contributed by atoms with Gasteiger partial charge in [0.1, 0.15) is 5.82 Å². The fourth-order valence-corrected chi connectivity index (χ4v) is 3.77. The molecule has 3 unspecified atom stereocenters. The lowest BCUT2D eigenvalue weighted by molar-refractivity contribution is 0.0255. The van der Waals surface area contributed by atoms with Crippen molar-refractivity contribution >= 4 is 5.69 Å². The number of morpholine rings is 1. The Balaban J connectivity index is 1.93. The molecule has 0 aromatic heterocycles. The number of nitrogens with one attached hydrogen (secondary N) is 1. The molecule has 1 saturated heterocycles.